The average molecular weight is 263 g/mol. The van der Waals surface area contributed by atoms with E-state index in [9.17, 15) is 0 Å². The summed E-state index contributed by atoms with van der Waals surface area (Å²) in [5.74, 6) is 1.25. The maximum absolute atomic E-state index is 5.87. The van der Waals surface area contributed by atoms with Crippen molar-refractivity contribution >= 4 is 0 Å². The Morgan fingerprint density at radius 3 is 2.21 bits per heavy atom. The molecule has 1 aromatic carbocycles. The van der Waals surface area contributed by atoms with E-state index in [-0.39, 0.29) is 0 Å². The third-order valence-electron chi connectivity index (χ3n) is 3.40. The molecule has 0 spiro atoms. The van der Waals surface area contributed by atoms with E-state index in [1.807, 2.05) is 7.05 Å². The molecule has 0 aliphatic carbocycles. The monoisotopic (exact) mass is 263 g/mol. The molecule has 2 heteroatoms. The zero-order chi connectivity index (χ0) is 14.3. The summed E-state index contributed by atoms with van der Waals surface area (Å²) in [5.41, 5.74) is 2.64. The third kappa shape index (κ3) is 6.22. The van der Waals surface area contributed by atoms with Crippen LogP contribution >= 0.6 is 0 Å². The molecule has 2 nitrogen and oxygen atoms in total. The molecule has 0 heterocycles. The van der Waals surface area contributed by atoms with Crippen LogP contribution < -0.4 is 5.32 Å². The van der Waals surface area contributed by atoms with Crippen molar-refractivity contribution in [1.29, 1.82) is 0 Å². The second kappa shape index (κ2) is 8.34. The van der Waals surface area contributed by atoms with Gasteiger partial charge in [0.2, 0.25) is 0 Å². The number of ether oxygens (including phenoxy) is 1. The quantitative estimate of drug-likeness (QED) is 0.766. The highest BCUT2D eigenvalue weighted by Gasteiger charge is 2.07. The third-order valence-corrected chi connectivity index (χ3v) is 3.40. The molecule has 0 aliphatic heterocycles. The Labute approximate surface area is 118 Å². The van der Waals surface area contributed by atoms with Gasteiger partial charge in [0, 0.05) is 6.54 Å². The second-order valence-electron chi connectivity index (χ2n) is 5.95. The molecule has 0 bridgehead atoms. The largest absolute Gasteiger partial charge is 0.374 e. The van der Waals surface area contributed by atoms with Crippen LogP contribution in [0.1, 0.15) is 51.2 Å². The summed E-state index contributed by atoms with van der Waals surface area (Å²) < 4.78 is 5.87. The van der Waals surface area contributed by atoms with Gasteiger partial charge in [-0.15, -0.1) is 0 Å². The van der Waals surface area contributed by atoms with Crippen LogP contribution in [0, 0.1) is 5.92 Å². The Kier molecular flexibility index (Phi) is 7.11. The lowest BCUT2D eigenvalue weighted by molar-refractivity contribution is 0.0397. The van der Waals surface area contributed by atoms with Crippen LogP contribution in [-0.2, 0) is 11.3 Å². The highest BCUT2D eigenvalue weighted by atomic mass is 16.5. The van der Waals surface area contributed by atoms with E-state index < -0.39 is 0 Å². The highest BCUT2D eigenvalue weighted by Crippen LogP contribution is 2.16. The number of likely N-dealkylation sites (N-methyl/N-ethyl adjacent to an activating group) is 1. The van der Waals surface area contributed by atoms with Crippen molar-refractivity contribution in [2.45, 2.75) is 52.7 Å². The summed E-state index contributed by atoms with van der Waals surface area (Å²) in [4.78, 5) is 0. The number of hydrogen-bond donors (Lipinski definition) is 1. The van der Waals surface area contributed by atoms with Crippen molar-refractivity contribution in [2.24, 2.45) is 5.92 Å². The van der Waals surface area contributed by atoms with E-state index in [2.05, 4.69) is 57.3 Å². The standard InChI is InChI=1S/C17H29NO/c1-13(2)10-15(4)19-12-16-6-8-17(9-7-16)14(3)11-18-5/h6-9,13-15,18H,10-12H2,1-5H3. The van der Waals surface area contributed by atoms with Gasteiger partial charge in [-0.3, -0.25) is 0 Å². The summed E-state index contributed by atoms with van der Waals surface area (Å²) in [6.07, 6.45) is 1.46. The fourth-order valence-corrected chi connectivity index (χ4v) is 2.34. The number of benzene rings is 1. The van der Waals surface area contributed by atoms with E-state index in [0.717, 1.165) is 13.0 Å². The molecule has 19 heavy (non-hydrogen) atoms. The van der Waals surface area contributed by atoms with Gasteiger partial charge in [-0.2, -0.15) is 0 Å². The number of hydrogen-bond acceptors (Lipinski definition) is 2. The summed E-state index contributed by atoms with van der Waals surface area (Å²) >= 11 is 0. The number of nitrogens with one attached hydrogen (secondary N) is 1. The van der Waals surface area contributed by atoms with Crippen LogP contribution in [0.5, 0.6) is 0 Å². The predicted molar refractivity (Wildman–Crippen MR) is 82.5 cm³/mol. The van der Waals surface area contributed by atoms with Crippen molar-refractivity contribution in [3.8, 4) is 0 Å². The van der Waals surface area contributed by atoms with Gasteiger partial charge in [-0.1, -0.05) is 45.0 Å². The lowest BCUT2D eigenvalue weighted by atomic mass is 10.00. The molecular formula is C17H29NO. The molecule has 108 valence electrons. The van der Waals surface area contributed by atoms with Crippen LogP contribution in [-0.4, -0.2) is 19.7 Å². The zero-order valence-electron chi connectivity index (χ0n) is 13.1. The van der Waals surface area contributed by atoms with Crippen LogP contribution in [0.4, 0.5) is 0 Å². The van der Waals surface area contributed by atoms with Gasteiger partial charge in [-0.05, 0) is 43.4 Å². The Hall–Kier alpha value is -0.860. The topological polar surface area (TPSA) is 21.3 Å². The Bertz CT molecular complexity index is 345. The fraction of sp³-hybridized carbons (Fsp3) is 0.647. The molecule has 2 atom stereocenters. The SMILES string of the molecule is CNCC(C)c1ccc(COC(C)CC(C)C)cc1. The molecule has 0 aromatic heterocycles. The summed E-state index contributed by atoms with van der Waals surface area (Å²) in [7, 11) is 1.99. The van der Waals surface area contributed by atoms with Crippen molar-refractivity contribution in [3.63, 3.8) is 0 Å². The lowest BCUT2D eigenvalue weighted by Crippen LogP contribution is -2.14. The predicted octanol–water partition coefficient (Wildman–Crippen LogP) is 3.96. The molecule has 0 aliphatic rings. The first-order chi connectivity index (χ1) is 9.02. The molecule has 0 saturated carbocycles. The summed E-state index contributed by atoms with van der Waals surface area (Å²) in [6, 6.07) is 8.80. The van der Waals surface area contributed by atoms with Crippen molar-refractivity contribution in [2.75, 3.05) is 13.6 Å². The van der Waals surface area contributed by atoms with Crippen LogP contribution in [0.3, 0.4) is 0 Å². The zero-order valence-corrected chi connectivity index (χ0v) is 13.1. The van der Waals surface area contributed by atoms with Gasteiger partial charge in [0.25, 0.3) is 0 Å². The first kappa shape index (κ1) is 16.2. The normalized spacial score (nSPS) is 14.6. The van der Waals surface area contributed by atoms with Crippen molar-refractivity contribution in [3.05, 3.63) is 35.4 Å². The minimum atomic E-state index is 0.336. The average Bonchev–Trinajstić information content (AvgIpc) is 2.36. The van der Waals surface area contributed by atoms with E-state index in [0.29, 0.717) is 24.5 Å². The smallest absolute Gasteiger partial charge is 0.0720 e. The van der Waals surface area contributed by atoms with Gasteiger partial charge in [-0.25, -0.2) is 0 Å². The van der Waals surface area contributed by atoms with Crippen LogP contribution in [0.15, 0.2) is 24.3 Å². The molecule has 0 radical (unpaired) electrons. The first-order valence-corrected chi connectivity index (χ1v) is 7.38. The van der Waals surface area contributed by atoms with Gasteiger partial charge < -0.3 is 10.1 Å². The molecule has 0 saturated heterocycles. The van der Waals surface area contributed by atoms with Gasteiger partial charge in [0.05, 0.1) is 12.7 Å². The van der Waals surface area contributed by atoms with E-state index in [1.54, 1.807) is 0 Å². The lowest BCUT2D eigenvalue weighted by Gasteiger charge is -2.16. The first-order valence-electron chi connectivity index (χ1n) is 7.38. The summed E-state index contributed by atoms with van der Waals surface area (Å²) in [6.45, 7) is 10.6. The van der Waals surface area contributed by atoms with E-state index in [4.69, 9.17) is 4.74 Å². The van der Waals surface area contributed by atoms with Crippen molar-refractivity contribution in [1.82, 2.24) is 5.32 Å². The molecule has 1 rings (SSSR count). The maximum atomic E-state index is 5.87. The van der Waals surface area contributed by atoms with E-state index >= 15 is 0 Å². The summed E-state index contributed by atoms with van der Waals surface area (Å²) in [5, 5.41) is 3.21. The molecule has 2 unspecified atom stereocenters. The van der Waals surface area contributed by atoms with Gasteiger partial charge in [0.1, 0.15) is 0 Å². The molecule has 0 amide bonds. The highest BCUT2D eigenvalue weighted by molar-refractivity contribution is 5.24. The van der Waals surface area contributed by atoms with Gasteiger partial charge >= 0.3 is 0 Å². The fourth-order valence-electron chi connectivity index (χ4n) is 2.34. The second-order valence-corrected chi connectivity index (χ2v) is 5.95. The van der Waals surface area contributed by atoms with Crippen molar-refractivity contribution < 1.29 is 4.74 Å². The Balaban J connectivity index is 2.44. The van der Waals surface area contributed by atoms with E-state index in [1.165, 1.54) is 11.1 Å². The van der Waals surface area contributed by atoms with Gasteiger partial charge in [0.15, 0.2) is 0 Å². The minimum absolute atomic E-state index is 0.336. The molecular weight excluding hydrogens is 234 g/mol. The maximum Gasteiger partial charge on any atom is 0.0720 e. The Morgan fingerprint density at radius 2 is 1.68 bits per heavy atom. The number of rotatable bonds is 8. The molecule has 1 N–H and O–H groups in total. The molecule has 0 fully saturated rings. The van der Waals surface area contributed by atoms with Crippen LogP contribution in [0.25, 0.3) is 0 Å². The minimum Gasteiger partial charge on any atom is -0.374 e. The Morgan fingerprint density at radius 1 is 1.05 bits per heavy atom. The van der Waals surface area contributed by atoms with Crippen LogP contribution in [0.2, 0.25) is 0 Å². The molecule has 1 aromatic rings.